The van der Waals surface area contributed by atoms with E-state index in [2.05, 4.69) is 143 Å². The third kappa shape index (κ3) is 3.49. The van der Waals surface area contributed by atoms with Crippen molar-refractivity contribution < 1.29 is 0 Å². The van der Waals surface area contributed by atoms with E-state index >= 15 is 0 Å². The molecule has 192 valence electrons. The van der Waals surface area contributed by atoms with Gasteiger partial charge in [-0.15, -0.1) is 0 Å². The lowest BCUT2D eigenvalue weighted by Gasteiger charge is -2.18. The maximum Gasteiger partial charge on any atom is 0.0547 e. The molecule has 2 nitrogen and oxygen atoms in total. The van der Waals surface area contributed by atoms with Crippen LogP contribution in [0.3, 0.4) is 0 Å². The van der Waals surface area contributed by atoms with Crippen LogP contribution in [0.2, 0.25) is 0 Å². The molecule has 0 bridgehead atoms. The third-order valence-corrected chi connectivity index (χ3v) is 8.60. The molecule has 0 fully saturated rings. The Hall–Kier alpha value is -4.82. The Morgan fingerprint density at radius 3 is 2.08 bits per heavy atom. The molecule has 2 heteroatoms. The lowest BCUT2D eigenvalue weighted by Crippen LogP contribution is -2.05. The zero-order valence-electron chi connectivity index (χ0n) is 22.6. The molecule has 0 amide bonds. The maximum absolute atomic E-state index is 2.49. The average molecular weight is 515 g/mol. The van der Waals surface area contributed by atoms with Crippen molar-refractivity contribution in [3.63, 3.8) is 0 Å². The number of hydrogen-bond acceptors (Lipinski definition) is 0. The molecule has 0 aliphatic heterocycles. The van der Waals surface area contributed by atoms with Crippen LogP contribution in [0.1, 0.15) is 35.7 Å². The van der Waals surface area contributed by atoms with Crippen molar-refractivity contribution in [3.05, 3.63) is 144 Å². The smallest absolute Gasteiger partial charge is 0.0547 e. The Labute approximate surface area is 234 Å². The van der Waals surface area contributed by atoms with Crippen molar-refractivity contribution in [2.24, 2.45) is 0 Å². The van der Waals surface area contributed by atoms with Crippen LogP contribution in [0.4, 0.5) is 0 Å². The first kappa shape index (κ1) is 23.1. The summed E-state index contributed by atoms with van der Waals surface area (Å²) in [5, 5.41) is 3.92. The summed E-state index contributed by atoms with van der Waals surface area (Å²) in [6.07, 6.45) is 5.54. The summed E-state index contributed by atoms with van der Waals surface area (Å²) in [5.41, 5.74) is 13.1. The fraction of sp³-hybridized carbons (Fsp3) is 0.105. The summed E-state index contributed by atoms with van der Waals surface area (Å²) in [7, 11) is 0. The van der Waals surface area contributed by atoms with Gasteiger partial charge in [-0.3, -0.25) is 0 Å². The molecule has 0 spiro atoms. The van der Waals surface area contributed by atoms with Crippen molar-refractivity contribution in [1.82, 2.24) is 9.13 Å². The standard InChI is InChI=1S/C38H30N2/c1-2-26-11-10-14-30(23-26)40-36-18-9-7-16-32(36)34-24-27(20-22-37(34)40)28-19-21-33-31-15-6-8-17-35(31)39(38(33)25-28)29-12-4-3-5-13-29/h3-19,21,23-25H,2,20,22H2,1H3. The van der Waals surface area contributed by atoms with Gasteiger partial charge in [0.25, 0.3) is 0 Å². The number of hydrogen-bond donors (Lipinski definition) is 0. The lowest BCUT2D eigenvalue weighted by atomic mass is 9.91. The van der Waals surface area contributed by atoms with Gasteiger partial charge in [0.15, 0.2) is 0 Å². The Balaban J connectivity index is 1.33. The Kier molecular flexibility index (Phi) is 5.28. The summed E-state index contributed by atoms with van der Waals surface area (Å²) < 4.78 is 4.91. The largest absolute Gasteiger partial charge is 0.313 e. The first-order chi connectivity index (χ1) is 19.8. The minimum absolute atomic E-state index is 1.02. The molecule has 40 heavy (non-hydrogen) atoms. The fourth-order valence-corrected chi connectivity index (χ4v) is 6.69. The molecule has 0 N–H and O–H groups in total. The first-order valence-electron chi connectivity index (χ1n) is 14.3. The van der Waals surface area contributed by atoms with Gasteiger partial charge < -0.3 is 9.13 Å². The van der Waals surface area contributed by atoms with E-state index < -0.39 is 0 Å². The monoisotopic (exact) mass is 514 g/mol. The van der Waals surface area contributed by atoms with Crippen LogP contribution >= 0.6 is 0 Å². The van der Waals surface area contributed by atoms with Gasteiger partial charge in [0, 0.05) is 38.8 Å². The average Bonchev–Trinajstić information content (AvgIpc) is 3.53. The maximum atomic E-state index is 2.49. The van der Waals surface area contributed by atoms with E-state index in [1.165, 1.54) is 72.0 Å². The minimum Gasteiger partial charge on any atom is -0.313 e. The second-order valence-electron chi connectivity index (χ2n) is 10.8. The van der Waals surface area contributed by atoms with Crippen molar-refractivity contribution in [2.75, 3.05) is 0 Å². The predicted molar refractivity (Wildman–Crippen MR) is 170 cm³/mol. The van der Waals surface area contributed by atoms with Crippen LogP contribution in [-0.4, -0.2) is 9.13 Å². The summed E-state index contributed by atoms with van der Waals surface area (Å²) in [6, 6.07) is 44.4. The van der Waals surface area contributed by atoms with Crippen LogP contribution < -0.4 is 0 Å². The van der Waals surface area contributed by atoms with Crippen molar-refractivity contribution >= 4 is 44.4 Å². The zero-order chi connectivity index (χ0) is 26.6. The van der Waals surface area contributed by atoms with Crippen molar-refractivity contribution in [2.45, 2.75) is 26.2 Å². The summed E-state index contributed by atoms with van der Waals surface area (Å²) in [4.78, 5) is 0. The van der Waals surface area contributed by atoms with Crippen molar-refractivity contribution in [1.29, 1.82) is 0 Å². The molecule has 0 atom stereocenters. The van der Waals surface area contributed by atoms with Gasteiger partial charge in [0.2, 0.25) is 0 Å². The van der Waals surface area contributed by atoms with Crippen LogP contribution in [0.15, 0.2) is 121 Å². The Bertz CT molecular complexity index is 2090. The van der Waals surface area contributed by atoms with Crippen molar-refractivity contribution in [3.8, 4) is 11.4 Å². The minimum atomic E-state index is 1.02. The Morgan fingerprint density at radius 2 is 1.25 bits per heavy atom. The van der Waals surface area contributed by atoms with Gasteiger partial charge in [-0.05, 0) is 84.5 Å². The SMILES string of the molecule is CCc1cccc(-n2c3c(c4ccccc42)C=C(c2ccc4c5ccccc5n(-c5ccccc5)c4c2)CC3)c1. The Morgan fingerprint density at radius 1 is 0.550 bits per heavy atom. The highest BCUT2D eigenvalue weighted by atomic mass is 15.0. The van der Waals surface area contributed by atoms with Gasteiger partial charge in [0.05, 0.1) is 16.6 Å². The van der Waals surface area contributed by atoms with Crippen LogP contribution in [0, 0.1) is 0 Å². The molecule has 0 unspecified atom stereocenters. The van der Waals surface area contributed by atoms with Gasteiger partial charge in [-0.2, -0.15) is 0 Å². The van der Waals surface area contributed by atoms with E-state index in [-0.39, 0.29) is 0 Å². The molecule has 1 aliphatic rings. The number of fused-ring (bicyclic) bond motifs is 6. The summed E-state index contributed by atoms with van der Waals surface area (Å²) >= 11 is 0. The molecule has 0 saturated heterocycles. The number of benzene rings is 5. The third-order valence-electron chi connectivity index (χ3n) is 8.60. The summed E-state index contributed by atoms with van der Waals surface area (Å²) in [6.45, 7) is 2.23. The van der Waals surface area contributed by atoms with Gasteiger partial charge in [-0.25, -0.2) is 0 Å². The number of allylic oxidation sites excluding steroid dienone is 1. The fourth-order valence-electron chi connectivity index (χ4n) is 6.69. The van der Waals surface area contributed by atoms with E-state index in [9.17, 15) is 0 Å². The number of aromatic nitrogens is 2. The van der Waals surface area contributed by atoms with Crippen LogP contribution in [-0.2, 0) is 12.8 Å². The van der Waals surface area contributed by atoms with E-state index in [1.807, 2.05) is 0 Å². The van der Waals surface area contributed by atoms with E-state index in [0.29, 0.717) is 0 Å². The van der Waals surface area contributed by atoms with Gasteiger partial charge in [0.1, 0.15) is 0 Å². The second kappa shape index (κ2) is 9.14. The molecule has 8 rings (SSSR count). The summed E-state index contributed by atoms with van der Waals surface area (Å²) in [5.74, 6) is 0. The highest BCUT2D eigenvalue weighted by molar-refractivity contribution is 6.10. The highest BCUT2D eigenvalue weighted by Crippen LogP contribution is 2.40. The molecule has 0 radical (unpaired) electrons. The number of nitrogens with zero attached hydrogens (tertiary/aromatic N) is 2. The molecule has 2 heterocycles. The highest BCUT2D eigenvalue weighted by Gasteiger charge is 2.22. The van der Waals surface area contributed by atoms with E-state index in [1.54, 1.807) is 0 Å². The second-order valence-corrected chi connectivity index (χ2v) is 10.8. The molecule has 5 aromatic carbocycles. The van der Waals surface area contributed by atoms with Gasteiger partial charge >= 0.3 is 0 Å². The molecule has 0 saturated carbocycles. The quantitative estimate of drug-likeness (QED) is 0.221. The topological polar surface area (TPSA) is 9.86 Å². The molecule has 7 aromatic rings. The number of para-hydroxylation sites is 3. The number of aryl methyl sites for hydroxylation is 1. The zero-order valence-corrected chi connectivity index (χ0v) is 22.6. The number of rotatable bonds is 4. The van der Waals surface area contributed by atoms with Crippen LogP contribution in [0.25, 0.3) is 55.7 Å². The molecular weight excluding hydrogens is 484 g/mol. The molecule has 1 aliphatic carbocycles. The molecular formula is C38H30N2. The normalized spacial score (nSPS) is 13.2. The van der Waals surface area contributed by atoms with Gasteiger partial charge in [-0.1, -0.05) is 85.8 Å². The molecule has 2 aromatic heterocycles. The van der Waals surface area contributed by atoms with Crippen LogP contribution in [0.5, 0.6) is 0 Å². The predicted octanol–water partition coefficient (Wildman–Crippen LogP) is 9.78. The first-order valence-corrected chi connectivity index (χ1v) is 14.3. The lowest BCUT2D eigenvalue weighted by molar-refractivity contribution is 0.896. The van der Waals surface area contributed by atoms with E-state index in [0.717, 1.165) is 19.3 Å². The van der Waals surface area contributed by atoms with E-state index in [4.69, 9.17) is 0 Å².